The van der Waals surface area contributed by atoms with Gasteiger partial charge in [0.25, 0.3) is 5.91 Å². The normalized spacial score (nSPS) is 18.6. The van der Waals surface area contributed by atoms with E-state index in [9.17, 15) is 13.2 Å². The number of nitrogens with two attached hydrogens (primary N) is 1. The van der Waals surface area contributed by atoms with Gasteiger partial charge in [-0.3, -0.25) is 4.79 Å². The number of rotatable bonds is 4. The Labute approximate surface area is 166 Å². The van der Waals surface area contributed by atoms with Crippen LogP contribution in [-0.2, 0) is 17.1 Å². The van der Waals surface area contributed by atoms with E-state index in [1.54, 1.807) is 23.0 Å². The molecule has 1 unspecified atom stereocenters. The molecule has 4 rings (SSSR count). The lowest BCUT2D eigenvalue weighted by Crippen LogP contribution is -2.40. The van der Waals surface area contributed by atoms with Gasteiger partial charge in [0, 0.05) is 42.0 Å². The van der Waals surface area contributed by atoms with Crippen molar-refractivity contribution in [2.24, 2.45) is 12.8 Å². The largest absolute Gasteiger partial charge is 0.364 e. The number of halogens is 1. The summed E-state index contributed by atoms with van der Waals surface area (Å²) in [7, 11) is -2.16. The predicted molar refractivity (Wildman–Crippen MR) is 104 cm³/mol. The van der Waals surface area contributed by atoms with Crippen LogP contribution in [0, 0.1) is 0 Å². The lowest BCUT2D eigenvalue weighted by atomic mass is 9.99. The van der Waals surface area contributed by atoms with Crippen LogP contribution < -0.4 is 5.73 Å². The van der Waals surface area contributed by atoms with Crippen LogP contribution in [0.25, 0.3) is 10.9 Å². The van der Waals surface area contributed by atoms with E-state index in [0.717, 1.165) is 12.2 Å². The lowest BCUT2D eigenvalue weighted by Gasteiger charge is -2.31. The molecule has 3 heterocycles. The Morgan fingerprint density at radius 2 is 2.18 bits per heavy atom. The number of sulfonamides is 1. The topological polar surface area (TPSA) is 127 Å². The van der Waals surface area contributed by atoms with Crippen LogP contribution >= 0.6 is 11.6 Å². The molecule has 148 valence electrons. The van der Waals surface area contributed by atoms with Crippen molar-refractivity contribution in [2.45, 2.75) is 23.7 Å². The lowest BCUT2D eigenvalue weighted by molar-refractivity contribution is 0.0993. The Bertz CT molecular complexity index is 1170. The third kappa shape index (κ3) is 3.07. The zero-order valence-corrected chi connectivity index (χ0v) is 16.7. The van der Waals surface area contributed by atoms with Crippen molar-refractivity contribution in [2.75, 3.05) is 13.1 Å². The second-order valence-corrected chi connectivity index (χ2v) is 9.20. The van der Waals surface area contributed by atoms with Crippen molar-refractivity contribution in [1.29, 1.82) is 0 Å². The highest BCUT2D eigenvalue weighted by atomic mass is 35.5. The fourth-order valence-corrected chi connectivity index (χ4v) is 5.78. The maximum absolute atomic E-state index is 13.5. The van der Waals surface area contributed by atoms with Gasteiger partial charge >= 0.3 is 0 Å². The molecule has 1 aromatic carbocycles. The number of hydrogen-bond donors (Lipinski definition) is 2. The average Bonchev–Trinajstić information content (AvgIpc) is 3.25. The molecule has 2 aromatic heterocycles. The monoisotopic (exact) mass is 422 g/mol. The third-order valence-corrected chi connectivity index (χ3v) is 7.24. The number of amides is 1. The molecule has 0 radical (unpaired) electrons. The molecule has 1 aliphatic rings. The number of hydrogen-bond acceptors (Lipinski definition) is 5. The quantitative estimate of drug-likeness (QED) is 0.660. The highest BCUT2D eigenvalue weighted by molar-refractivity contribution is 7.89. The van der Waals surface area contributed by atoms with Gasteiger partial charge in [0.1, 0.15) is 22.7 Å². The molecule has 3 N–H and O–H groups in total. The van der Waals surface area contributed by atoms with E-state index in [-0.39, 0.29) is 23.1 Å². The van der Waals surface area contributed by atoms with Crippen LogP contribution in [0.5, 0.6) is 0 Å². The second-order valence-electron chi connectivity index (χ2n) is 6.89. The van der Waals surface area contributed by atoms with Gasteiger partial charge in [-0.1, -0.05) is 11.6 Å². The standard InChI is InChI=1S/C17H19ClN6O3S/c1-23-9-20-22-17(23)10-3-2-6-24(8-10)28(26,27)15-12-7-11(18)4-5-13(12)21-14(15)16(19)25/h4-5,7,9-10,21H,2-3,6,8H2,1H3,(H2,19,25). The minimum Gasteiger partial charge on any atom is -0.364 e. The summed E-state index contributed by atoms with van der Waals surface area (Å²) in [6, 6.07) is 4.77. The summed E-state index contributed by atoms with van der Waals surface area (Å²) >= 11 is 6.07. The number of carbonyl (C=O) groups excluding carboxylic acids is 1. The van der Waals surface area contributed by atoms with Crippen molar-refractivity contribution in [1.82, 2.24) is 24.1 Å². The summed E-state index contributed by atoms with van der Waals surface area (Å²) in [5.41, 5.74) is 5.80. The summed E-state index contributed by atoms with van der Waals surface area (Å²) in [4.78, 5) is 14.6. The zero-order chi connectivity index (χ0) is 20.1. The SMILES string of the molecule is Cn1cnnc1C1CCCN(S(=O)(=O)c2c(C(N)=O)[nH]c3ccc(Cl)cc23)C1. The van der Waals surface area contributed by atoms with Crippen molar-refractivity contribution in [3.05, 3.63) is 41.1 Å². The Morgan fingerprint density at radius 3 is 2.86 bits per heavy atom. The maximum atomic E-state index is 13.5. The van der Waals surface area contributed by atoms with Gasteiger partial charge in [-0.25, -0.2) is 8.42 Å². The van der Waals surface area contributed by atoms with Gasteiger partial charge in [0.2, 0.25) is 10.0 Å². The molecule has 0 saturated carbocycles. The highest BCUT2D eigenvalue weighted by Crippen LogP contribution is 2.34. The van der Waals surface area contributed by atoms with Gasteiger partial charge in [-0.05, 0) is 31.0 Å². The molecular formula is C17H19ClN6O3S. The maximum Gasteiger partial charge on any atom is 0.266 e. The van der Waals surface area contributed by atoms with E-state index in [0.29, 0.717) is 28.9 Å². The molecule has 11 heteroatoms. The molecular weight excluding hydrogens is 404 g/mol. The van der Waals surface area contributed by atoms with Gasteiger partial charge in [0.15, 0.2) is 0 Å². The van der Waals surface area contributed by atoms with Crippen LogP contribution in [0.3, 0.4) is 0 Å². The number of aromatic amines is 1. The highest BCUT2D eigenvalue weighted by Gasteiger charge is 2.36. The Morgan fingerprint density at radius 1 is 1.39 bits per heavy atom. The fraction of sp³-hybridized carbons (Fsp3) is 0.353. The Balaban J connectivity index is 1.80. The van der Waals surface area contributed by atoms with Crippen molar-refractivity contribution in [3.8, 4) is 0 Å². The van der Waals surface area contributed by atoms with Crippen molar-refractivity contribution in [3.63, 3.8) is 0 Å². The van der Waals surface area contributed by atoms with Crippen LogP contribution in [0.2, 0.25) is 5.02 Å². The molecule has 1 fully saturated rings. The van der Waals surface area contributed by atoms with Gasteiger partial charge in [-0.2, -0.15) is 4.31 Å². The van der Waals surface area contributed by atoms with Crippen LogP contribution in [-0.4, -0.2) is 51.5 Å². The molecule has 1 amide bonds. The number of carbonyl (C=O) groups is 1. The molecule has 3 aromatic rings. The summed E-state index contributed by atoms with van der Waals surface area (Å²) in [5, 5.41) is 8.72. The minimum atomic E-state index is -3.99. The number of H-pyrrole nitrogens is 1. The molecule has 1 saturated heterocycles. The van der Waals surface area contributed by atoms with Crippen LogP contribution in [0.1, 0.15) is 35.1 Å². The van der Waals surface area contributed by atoms with Gasteiger partial charge in [-0.15, -0.1) is 10.2 Å². The summed E-state index contributed by atoms with van der Waals surface area (Å²) in [5.74, 6) is -0.188. The first-order valence-corrected chi connectivity index (χ1v) is 10.6. The van der Waals surface area contributed by atoms with Crippen molar-refractivity contribution >= 4 is 38.4 Å². The molecule has 9 nitrogen and oxygen atoms in total. The van der Waals surface area contributed by atoms with Gasteiger partial charge < -0.3 is 15.3 Å². The first kappa shape index (κ1) is 18.9. The average molecular weight is 423 g/mol. The first-order valence-electron chi connectivity index (χ1n) is 8.74. The molecule has 1 atom stereocenters. The number of aromatic nitrogens is 4. The van der Waals surface area contributed by atoms with E-state index in [1.807, 2.05) is 7.05 Å². The number of nitrogens with one attached hydrogen (secondary N) is 1. The van der Waals surface area contributed by atoms with E-state index < -0.39 is 15.9 Å². The molecule has 0 spiro atoms. The van der Waals surface area contributed by atoms with E-state index in [2.05, 4.69) is 15.2 Å². The molecule has 1 aliphatic heterocycles. The Hall–Kier alpha value is -2.43. The van der Waals surface area contributed by atoms with Crippen LogP contribution in [0.4, 0.5) is 0 Å². The summed E-state index contributed by atoms with van der Waals surface area (Å²) in [6.45, 7) is 0.600. The zero-order valence-electron chi connectivity index (χ0n) is 15.1. The third-order valence-electron chi connectivity index (χ3n) is 5.05. The van der Waals surface area contributed by atoms with Crippen molar-refractivity contribution < 1.29 is 13.2 Å². The number of primary amides is 1. The number of piperidine rings is 1. The van der Waals surface area contributed by atoms with E-state index >= 15 is 0 Å². The summed E-state index contributed by atoms with van der Waals surface area (Å²) in [6.07, 6.45) is 3.07. The molecule has 0 aliphatic carbocycles. The fourth-order valence-electron chi connectivity index (χ4n) is 3.74. The number of nitrogens with zero attached hydrogens (tertiary/aromatic N) is 4. The first-order chi connectivity index (χ1) is 13.3. The minimum absolute atomic E-state index is 0.0816. The van der Waals surface area contributed by atoms with E-state index in [4.69, 9.17) is 17.3 Å². The van der Waals surface area contributed by atoms with E-state index in [1.165, 1.54) is 10.4 Å². The number of benzene rings is 1. The van der Waals surface area contributed by atoms with Crippen LogP contribution in [0.15, 0.2) is 29.4 Å². The summed E-state index contributed by atoms with van der Waals surface area (Å²) < 4.78 is 30.2. The molecule has 28 heavy (non-hydrogen) atoms. The number of fused-ring (bicyclic) bond motifs is 1. The smallest absolute Gasteiger partial charge is 0.266 e. The predicted octanol–water partition coefficient (Wildman–Crippen LogP) is 1.62. The Kier molecular flexibility index (Phi) is 4.64. The number of aryl methyl sites for hydroxylation is 1. The van der Waals surface area contributed by atoms with Gasteiger partial charge in [0.05, 0.1) is 0 Å². The second kappa shape index (κ2) is 6.87. The molecule has 0 bridgehead atoms.